The van der Waals surface area contributed by atoms with Gasteiger partial charge in [-0.1, -0.05) is 36.4 Å². The number of rotatable bonds is 8. The van der Waals surface area contributed by atoms with Crippen molar-refractivity contribution in [2.75, 3.05) is 7.11 Å². The van der Waals surface area contributed by atoms with Gasteiger partial charge in [0.1, 0.15) is 35.0 Å². The molecule has 0 saturated heterocycles. The molecule has 5 nitrogen and oxygen atoms in total. The second kappa shape index (κ2) is 8.34. The van der Waals surface area contributed by atoms with Crippen molar-refractivity contribution >= 4 is 11.6 Å². The van der Waals surface area contributed by atoms with Crippen LogP contribution in [0.5, 0.6) is 17.2 Å². The molecule has 2 aromatic rings. The van der Waals surface area contributed by atoms with Crippen molar-refractivity contribution in [1.29, 1.82) is 0 Å². The number of Topliss-reactive ketones (excluding diaryl/α,β-unsaturated/α-hetero) is 2. The van der Waals surface area contributed by atoms with Gasteiger partial charge in [-0.3, -0.25) is 9.59 Å². The van der Waals surface area contributed by atoms with Gasteiger partial charge in [0.05, 0.1) is 7.11 Å². The van der Waals surface area contributed by atoms with Gasteiger partial charge in [-0.15, -0.1) is 6.58 Å². The van der Waals surface area contributed by atoms with Crippen LogP contribution >= 0.6 is 0 Å². The molecule has 2 aromatic carbocycles. The summed E-state index contributed by atoms with van der Waals surface area (Å²) in [5.41, 5.74) is 1.36. The highest BCUT2D eigenvalue weighted by atomic mass is 16.5. The lowest BCUT2D eigenvalue weighted by molar-refractivity contribution is 0.100. The molecule has 0 saturated carbocycles. The highest BCUT2D eigenvalue weighted by Gasteiger charge is 2.29. The number of aromatic hydroxyl groups is 1. The number of ketones is 2. The summed E-state index contributed by atoms with van der Waals surface area (Å²) < 4.78 is 11.2. The Labute approximate surface area is 152 Å². The minimum atomic E-state index is -0.401. The third-order valence-electron chi connectivity index (χ3n) is 3.96. The van der Waals surface area contributed by atoms with E-state index in [1.165, 1.54) is 21.0 Å². The van der Waals surface area contributed by atoms with Crippen LogP contribution in [0.4, 0.5) is 0 Å². The average Bonchev–Trinajstić information content (AvgIpc) is 2.61. The zero-order chi connectivity index (χ0) is 19.3. The van der Waals surface area contributed by atoms with Crippen LogP contribution in [-0.2, 0) is 13.0 Å². The molecule has 0 fully saturated rings. The minimum Gasteiger partial charge on any atom is -0.507 e. The summed E-state index contributed by atoms with van der Waals surface area (Å²) in [6.45, 7) is 6.56. The van der Waals surface area contributed by atoms with Crippen LogP contribution in [0, 0.1) is 0 Å². The monoisotopic (exact) mass is 354 g/mol. The third-order valence-corrected chi connectivity index (χ3v) is 3.96. The van der Waals surface area contributed by atoms with Crippen LogP contribution in [0.3, 0.4) is 0 Å². The molecular formula is C21H22O5. The standard InChI is InChI=1S/C21H22O5/c1-5-9-16-19(24)17(13(2)22)21(25-4)18(14(3)23)20(16)26-12-15-10-7-6-8-11-15/h5-8,10-11,24H,1,9,12H2,2-4H3. The fraction of sp³-hybridized carbons (Fsp3) is 0.238. The highest BCUT2D eigenvalue weighted by Crippen LogP contribution is 2.44. The van der Waals surface area contributed by atoms with Crippen LogP contribution in [0.25, 0.3) is 0 Å². The Hall–Kier alpha value is -3.08. The first kappa shape index (κ1) is 19.2. The van der Waals surface area contributed by atoms with Crippen LogP contribution in [-0.4, -0.2) is 23.8 Å². The van der Waals surface area contributed by atoms with Crippen LogP contribution < -0.4 is 9.47 Å². The Morgan fingerprint density at radius 1 is 1.08 bits per heavy atom. The van der Waals surface area contributed by atoms with Gasteiger partial charge < -0.3 is 14.6 Å². The van der Waals surface area contributed by atoms with Crippen molar-refractivity contribution < 1.29 is 24.2 Å². The van der Waals surface area contributed by atoms with Crippen molar-refractivity contribution in [3.05, 3.63) is 65.2 Å². The number of methoxy groups -OCH3 is 1. The maximum atomic E-state index is 12.3. The minimum absolute atomic E-state index is 0.0263. The van der Waals surface area contributed by atoms with Crippen molar-refractivity contribution in [1.82, 2.24) is 0 Å². The van der Waals surface area contributed by atoms with E-state index in [1.54, 1.807) is 6.08 Å². The summed E-state index contributed by atoms with van der Waals surface area (Å²) in [6, 6.07) is 9.44. The topological polar surface area (TPSA) is 72.8 Å². The first-order valence-corrected chi connectivity index (χ1v) is 8.17. The second-order valence-corrected chi connectivity index (χ2v) is 5.82. The zero-order valence-corrected chi connectivity index (χ0v) is 15.2. The van der Waals surface area contributed by atoms with Crippen LogP contribution in [0.15, 0.2) is 43.0 Å². The molecule has 2 rings (SSSR count). The van der Waals surface area contributed by atoms with E-state index < -0.39 is 5.78 Å². The molecule has 0 aromatic heterocycles. The summed E-state index contributed by atoms with van der Waals surface area (Å²) >= 11 is 0. The summed E-state index contributed by atoms with van der Waals surface area (Å²) in [6.07, 6.45) is 1.81. The summed E-state index contributed by atoms with van der Waals surface area (Å²) in [4.78, 5) is 24.4. The fourth-order valence-corrected chi connectivity index (χ4v) is 2.82. The largest absolute Gasteiger partial charge is 0.507 e. The number of ether oxygens (including phenoxy) is 2. The van der Waals surface area contributed by atoms with Crippen LogP contribution in [0.2, 0.25) is 0 Å². The van der Waals surface area contributed by atoms with Crippen molar-refractivity contribution in [2.24, 2.45) is 0 Å². The second-order valence-electron chi connectivity index (χ2n) is 5.82. The molecule has 136 valence electrons. The molecule has 0 aliphatic rings. The van der Waals surface area contributed by atoms with Gasteiger partial charge in [-0.2, -0.15) is 0 Å². The Morgan fingerprint density at radius 2 is 1.69 bits per heavy atom. The van der Waals surface area contributed by atoms with Gasteiger partial charge >= 0.3 is 0 Å². The maximum absolute atomic E-state index is 12.3. The van der Waals surface area contributed by atoms with E-state index in [-0.39, 0.29) is 47.2 Å². The molecule has 0 radical (unpaired) electrons. The number of phenols is 1. The smallest absolute Gasteiger partial charge is 0.167 e. The number of allylic oxidation sites excluding steroid dienone is 1. The molecule has 0 amide bonds. The van der Waals surface area contributed by atoms with Gasteiger partial charge in [0, 0.05) is 5.56 Å². The summed E-state index contributed by atoms with van der Waals surface area (Å²) in [5.74, 6) is -0.735. The lowest BCUT2D eigenvalue weighted by Gasteiger charge is -2.21. The molecule has 0 heterocycles. The molecule has 0 aliphatic carbocycles. The average molecular weight is 354 g/mol. The quantitative estimate of drug-likeness (QED) is 0.570. The maximum Gasteiger partial charge on any atom is 0.167 e. The first-order chi connectivity index (χ1) is 12.4. The number of benzene rings is 2. The molecule has 0 bridgehead atoms. The van der Waals surface area contributed by atoms with Crippen molar-refractivity contribution in [3.63, 3.8) is 0 Å². The van der Waals surface area contributed by atoms with E-state index in [2.05, 4.69) is 6.58 Å². The lowest BCUT2D eigenvalue weighted by Crippen LogP contribution is -2.11. The molecule has 0 unspecified atom stereocenters. The van der Waals surface area contributed by atoms with Gasteiger partial charge in [0.2, 0.25) is 0 Å². The number of hydrogen-bond donors (Lipinski definition) is 1. The SMILES string of the molecule is C=CCc1c(O)c(C(C)=O)c(OC)c(C(C)=O)c1OCc1ccccc1. The Kier molecular flexibility index (Phi) is 6.17. The number of carbonyl (C=O) groups excluding carboxylic acids is 2. The molecule has 0 spiro atoms. The van der Waals surface area contributed by atoms with E-state index in [1.807, 2.05) is 30.3 Å². The normalized spacial score (nSPS) is 10.3. The molecule has 26 heavy (non-hydrogen) atoms. The predicted molar refractivity (Wildman–Crippen MR) is 99.3 cm³/mol. The highest BCUT2D eigenvalue weighted by molar-refractivity contribution is 6.08. The van der Waals surface area contributed by atoms with E-state index in [4.69, 9.17) is 9.47 Å². The van der Waals surface area contributed by atoms with Crippen molar-refractivity contribution in [3.8, 4) is 17.2 Å². The molecular weight excluding hydrogens is 332 g/mol. The summed E-state index contributed by atoms with van der Waals surface area (Å²) in [5, 5.41) is 10.6. The van der Waals surface area contributed by atoms with Gasteiger partial charge in [0.25, 0.3) is 0 Å². The van der Waals surface area contributed by atoms with Gasteiger partial charge in [-0.05, 0) is 25.8 Å². The van der Waals surface area contributed by atoms with Gasteiger partial charge in [-0.25, -0.2) is 0 Å². The number of phenolic OH excluding ortho intramolecular Hbond substituents is 1. The number of carbonyl (C=O) groups is 2. The van der Waals surface area contributed by atoms with Crippen molar-refractivity contribution in [2.45, 2.75) is 26.9 Å². The molecule has 1 N–H and O–H groups in total. The van der Waals surface area contributed by atoms with Gasteiger partial charge in [0.15, 0.2) is 11.6 Å². The fourth-order valence-electron chi connectivity index (χ4n) is 2.82. The zero-order valence-electron chi connectivity index (χ0n) is 15.2. The first-order valence-electron chi connectivity index (χ1n) is 8.17. The molecule has 0 atom stereocenters. The Balaban J connectivity index is 2.69. The summed E-state index contributed by atoms with van der Waals surface area (Å²) in [7, 11) is 1.35. The predicted octanol–water partition coefficient (Wildman–Crippen LogP) is 4.11. The molecule has 0 aliphatic heterocycles. The van der Waals surface area contributed by atoms with E-state index in [0.29, 0.717) is 5.56 Å². The van der Waals surface area contributed by atoms with E-state index >= 15 is 0 Å². The van der Waals surface area contributed by atoms with Crippen LogP contribution in [0.1, 0.15) is 45.7 Å². The lowest BCUT2D eigenvalue weighted by atomic mass is 9.94. The molecule has 5 heteroatoms. The Bertz CT molecular complexity index is 837. The third kappa shape index (κ3) is 3.77. The van der Waals surface area contributed by atoms with E-state index in [0.717, 1.165) is 5.56 Å². The Morgan fingerprint density at radius 3 is 2.19 bits per heavy atom. The number of hydrogen-bond acceptors (Lipinski definition) is 5. The van der Waals surface area contributed by atoms with E-state index in [9.17, 15) is 14.7 Å².